The normalized spacial score (nSPS) is 20.2. The first-order valence-electron chi connectivity index (χ1n) is 9.89. The van der Waals surface area contributed by atoms with Gasteiger partial charge in [0.2, 0.25) is 5.91 Å². The van der Waals surface area contributed by atoms with Crippen molar-refractivity contribution in [2.24, 2.45) is 0 Å². The highest BCUT2D eigenvalue weighted by atomic mass is 19.1. The summed E-state index contributed by atoms with van der Waals surface area (Å²) in [6.45, 7) is 0.0252. The molecular formula is C23H25FN2O5. The maximum Gasteiger partial charge on any atom is 0.251 e. The van der Waals surface area contributed by atoms with Gasteiger partial charge >= 0.3 is 0 Å². The molecule has 164 valence electrons. The number of ether oxygens (including phenoxy) is 2. The Balaban J connectivity index is 1.51. The molecule has 0 fully saturated rings. The van der Waals surface area contributed by atoms with Crippen LogP contribution in [-0.2, 0) is 16.1 Å². The number of halogens is 1. The van der Waals surface area contributed by atoms with Crippen LogP contribution in [0.15, 0.2) is 60.7 Å². The molecule has 0 bridgehead atoms. The van der Waals surface area contributed by atoms with E-state index in [4.69, 9.17) is 9.47 Å². The van der Waals surface area contributed by atoms with Gasteiger partial charge in [-0.3, -0.25) is 9.59 Å². The van der Waals surface area contributed by atoms with Crippen molar-refractivity contribution < 1.29 is 28.6 Å². The quantitative estimate of drug-likeness (QED) is 0.559. The summed E-state index contributed by atoms with van der Waals surface area (Å²) in [5, 5.41) is 15.2. The van der Waals surface area contributed by atoms with Crippen molar-refractivity contribution >= 4 is 11.8 Å². The number of hydrogen-bond donors (Lipinski definition) is 3. The zero-order chi connectivity index (χ0) is 22.2. The van der Waals surface area contributed by atoms with E-state index in [1.54, 1.807) is 19.3 Å². The Kier molecular flexibility index (Phi) is 7.75. The number of benzene rings is 2. The number of aliphatic hydroxyl groups is 1. The Morgan fingerprint density at radius 2 is 1.94 bits per heavy atom. The summed E-state index contributed by atoms with van der Waals surface area (Å²) in [4.78, 5) is 24.6. The summed E-state index contributed by atoms with van der Waals surface area (Å²) in [7, 11) is 1.59. The Morgan fingerprint density at radius 3 is 2.61 bits per heavy atom. The van der Waals surface area contributed by atoms with E-state index >= 15 is 0 Å². The molecule has 0 saturated carbocycles. The highest BCUT2D eigenvalue weighted by Crippen LogP contribution is 2.17. The van der Waals surface area contributed by atoms with E-state index in [2.05, 4.69) is 10.6 Å². The molecule has 8 heteroatoms. The van der Waals surface area contributed by atoms with Crippen molar-refractivity contribution in [3.63, 3.8) is 0 Å². The van der Waals surface area contributed by atoms with Gasteiger partial charge in [0.1, 0.15) is 17.7 Å². The molecule has 2 aromatic rings. The molecule has 3 N–H and O–H groups in total. The topological polar surface area (TPSA) is 96.9 Å². The van der Waals surface area contributed by atoms with Crippen molar-refractivity contribution in [3.05, 3.63) is 77.6 Å². The van der Waals surface area contributed by atoms with E-state index in [1.807, 2.05) is 24.3 Å². The van der Waals surface area contributed by atoms with Crippen LogP contribution in [-0.4, -0.2) is 48.9 Å². The van der Waals surface area contributed by atoms with Gasteiger partial charge in [0.05, 0.1) is 32.3 Å². The van der Waals surface area contributed by atoms with Crippen LogP contribution in [0, 0.1) is 5.82 Å². The molecule has 0 unspecified atom stereocenters. The van der Waals surface area contributed by atoms with E-state index in [-0.39, 0.29) is 24.5 Å². The number of rotatable bonds is 8. The molecule has 1 aliphatic rings. The van der Waals surface area contributed by atoms with E-state index in [1.165, 1.54) is 18.2 Å². The van der Waals surface area contributed by atoms with Gasteiger partial charge < -0.3 is 25.2 Å². The SMILES string of the molecule is COc1ccc(CNC(=O)C[C@@H]2C=C[C@@H](NC(=O)c3cccc(F)c3)[C@H](CO)O2)cc1. The molecule has 0 aliphatic carbocycles. The Labute approximate surface area is 179 Å². The maximum atomic E-state index is 13.3. The first-order chi connectivity index (χ1) is 15.0. The second-order valence-corrected chi connectivity index (χ2v) is 7.12. The molecular weight excluding hydrogens is 403 g/mol. The van der Waals surface area contributed by atoms with Crippen LogP contribution in [0.25, 0.3) is 0 Å². The molecule has 0 radical (unpaired) electrons. The standard InChI is InChI=1S/C23H25FN2O5/c1-30-18-7-5-15(6-8-18)13-25-22(28)12-19-9-10-20(21(14-27)31-19)26-23(29)16-3-2-4-17(24)11-16/h2-11,19-21,27H,12-14H2,1H3,(H,25,28)(H,26,29)/t19-,20+,21-/m0/s1. The molecule has 31 heavy (non-hydrogen) atoms. The molecule has 2 aromatic carbocycles. The number of carbonyl (C=O) groups is 2. The summed E-state index contributed by atoms with van der Waals surface area (Å²) >= 11 is 0. The fourth-order valence-corrected chi connectivity index (χ4v) is 3.20. The van der Waals surface area contributed by atoms with E-state index in [9.17, 15) is 19.1 Å². The van der Waals surface area contributed by atoms with Crippen molar-refractivity contribution in [1.29, 1.82) is 0 Å². The second-order valence-electron chi connectivity index (χ2n) is 7.12. The number of aliphatic hydroxyl groups excluding tert-OH is 1. The van der Waals surface area contributed by atoms with Crippen LogP contribution in [0.4, 0.5) is 4.39 Å². The average molecular weight is 428 g/mol. The number of methoxy groups -OCH3 is 1. The number of carbonyl (C=O) groups excluding carboxylic acids is 2. The molecule has 3 atom stereocenters. The summed E-state index contributed by atoms with van der Waals surface area (Å²) in [5.74, 6) is -0.455. The summed E-state index contributed by atoms with van der Waals surface area (Å²) in [6.07, 6.45) is 2.18. The smallest absolute Gasteiger partial charge is 0.251 e. The number of hydrogen-bond acceptors (Lipinski definition) is 5. The van der Waals surface area contributed by atoms with Crippen LogP contribution in [0.5, 0.6) is 5.75 Å². The van der Waals surface area contributed by atoms with Crippen molar-refractivity contribution in [2.45, 2.75) is 31.2 Å². The number of amides is 2. The lowest BCUT2D eigenvalue weighted by molar-refractivity contribution is -0.125. The first-order valence-corrected chi connectivity index (χ1v) is 9.89. The highest BCUT2D eigenvalue weighted by molar-refractivity contribution is 5.94. The number of nitrogens with one attached hydrogen (secondary N) is 2. The summed E-state index contributed by atoms with van der Waals surface area (Å²) in [6, 6.07) is 12.1. The van der Waals surface area contributed by atoms with Crippen molar-refractivity contribution in [1.82, 2.24) is 10.6 Å². The molecule has 3 rings (SSSR count). The highest BCUT2D eigenvalue weighted by Gasteiger charge is 2.29. The lowest BCUT2D eigenvalue weighted by atomic mass is 10.0. The van der Waals surface area contributed by atoms with Crippen LogP contribution < -0.4 is 15.4 Å². The minimum atomic E-state index is -0.720. The third-order valence-corrected chi connectivity index (χ3v) is 4.88. The van der Waals surface area contributed by atoms with Gasteiger partial charge in [-0.25, -0.2) is 4.39 Å². The van der Waals surface area contributed by atoms with Crippen LogP contribution in [0.3, 0.4) is 0 Å². The third kappa shape index (κ3) is 6.37. The molecule has 1 aliphatic heterocycles. The zero-order valence-corrected chi connectivity index (χ0v) is 17.1. The maximum absolute atomic E-state index is 13.3. The minimum absolute atomic E-state index is 0.0771. The van der Waals surface area contributed by atoms with E-state index in [0.29, 0.717) is 6.54 Å². The Bertz CT molecular complexity index is 932. The minimum Gasteiger partial charge on any atom is -0.497 e. The molecule has 1 heterocycles. The zero-order valence-electron chi connectivity index (χ0n) is 17.1. The largest absolute Gasteiger partial charge is 0.497 e. The van der Waals surface area contributed by atoms with Gasteiger partial charge in [-0.2, -0.15) is 0 Å². The lowest BCUT2D eigenvalue weighted by Gasteiger charge is -2.31. The molecule has 0 aromatic heterocycles. The molecule has 7 nitrogen and oxygen atoms in total. The molecule has 2 amide bonds. The second kappa shape index (κ2) is 10.7. The summed E-state index contributed by atoms with van der Waals surface area (Å²) in [5.41, 5.74) is 1.10. The van der Waals surface area contributed by atoms with Gasteiger partial charge in [0, 0.05) is 12.1 Å². The monoisotopic (exact) mass is 428 g/mol. The first kappa shape index (κ1) is 22.5. The van der Waals surface area contributed by atoms with Gasteiger partial charge in [-0.05, 0) is 35.9 Å². The average Bonchev–Trinajstić information content (AvgIpc) is 2.79. The van der Waals surface area contributed by atoms with E-state index in [0.717, 1.165) is 17.4 Å². The van der Waals surface area contributed by atoms with Crippen LogP contribution in [0.1, 0.15) is 22.3 Å². The van der Waals surface area contributed by atoms with E-state index < -0.39 is 30.0 Å². The van der Waals surface area contributed by atoms with Gasteiger partial charge in [0.15, 0.2) is 0 Å². The predicted molar refractivity (Wildman–Crippen MR) is 112 cm³/mol. The van der Waals surface area contributed by atoms with Crippen LogP contribution >= 0.6 is 0 Å². The summed E-state index contributed by atoms with van der Waals surface area (Å²) < 4.78 is 24.2. The Hall–Kier alpha value is -3.23. The molecule has 0 spiro atoms. The van der Waals surface area contributed by atoms with Gasteiger partial charge in [-0.15, -0.1) is 0 Å². The Morgan fingerprint density at radius 1 is 1.16 bits per heavy atom. The lowest BCUT2D eigenvalue weighted by Crippen LogP contribution is -2.49. The van der Waals surface area contributed by atoms with Gasteiger partial charge in [0.25, 0.3) is 5.91 Å². The van der Waals surface area contributed by atoms with Crippen molar-refractivity contribution in [2.75, 3.05) is 13.7 Å². The van der Waals surface area contributed by atoms with Crippen molar-refractivity contribution in [3.8, 4) is 5.75 Å². The fourth-order valence-electron chi connectivity index (χ4n) is 3.20. The fraction of sp³-hybridized carbons (Fsp3) is 0.304. The predicted octanol–water partition coefficient (Wildman–Crippen LogP) is 1.96. The van der Waals surface area contributed by atoms with Crippen LogP contribution in [0.2, 0.25) is 0 Å². The van der Waals surface area contributed by atoms with Gasteiger partial charge in [-0.1, -0.05) is 30.4 Å². The molecule has 0 saturated heterocycles. The third-order valence-electron chi connectivity index (χ3n) is 4.88.